The molecule has 39 heavy (non-hydrogen) atoms. The Morgan fingerprint density at radius 2 is 1.97 bits per heavy atom. The molecule has 0 aromatic heterocycles. The Kier molecular flexibility index (Phi) is 8.35. The lowest BCUT2D eigenvalue weighted by Crippen LogP contribution is -2.63. The summed E-state index contributed by atoms with van der Waals surface area (Å²) in [5.74, 6) is -0.323. The zero-order chi connectivity index (χ0) is 28.7. The van der Waals surface area contributed by atoms with Gasteiger partial charge >= 0.3 is 6.09 Å². The molecule has 7 atom stereocenters. The summed E-state index contributed by atoms with van der Waals surface area (Å²) in [5, 5.41) is 25.3. The van der Waals surface area contributed by atoms with E-state index < -0.39 is 47.8 Å². The van der Waals surface area contributed by atoms with Crippen molar-refractivity contribution < 1.29 is 38.7 Å². The lowest BCUT2D eigenvalue weighted by molar-refractivity contribution is -0.142. The molecule has 4 rings (SSSR count). The van der Waals surface area contributed by atoms with Crippen LogP contribution in [-0.2, 0) is 25.4 Å². The van der Waals surface area contributed by atoms with E-state index in [0.29, 0.717) is 17.9 Å². The molecule has 2 fully saturated rings. The molecule has 11 heteroatoms. The van der Waals surface area contributed by atoms with E-state index in [1.54, 1.807) is 26.1 Å². The lowest BCUT2D eigenvalue weighted by Gasteiger charge is -2.42. The van der Waals surface area contributed by atoms with Crippen LogP contribution in [-0.4, -0.2) is 79.2 Å². The van der Waals surface area contributed by atoms with Crippen LogP contribution in [0.15, 0.2) is 35.9 Å². The number of aliphatic hydroxyl groups excluding tert-OH is 1. The van der Waals surface area contributed by atoms with Crippen molar-refractivity contribution in [3.05, 3.63) is 46.5 Å². The molecule has 0 aliphatic carbocycles. The number of allylic oxidation sites excluding steroid dienone is 3. The summed E-state index contributed by atoms with van der Waals surface area (Å²) in [5.41, 5.74) is -0.479. The Hall–Kier alpha value is -2.63. The smallest absolute Gasteiger partial charge is 0.409 e. The first kappa shape index (κ1) is 29.4. The Morgan fingerprint density at radius 3 is 2.64 bits per heavy atom. The average Bonchev–Trinajstić information content (AvgIpc) is 3.58. The summed E-state index contributed by atoms with van der Waals surface area (Å²) in [6.07, 6.45) is 1.63. The molecular weight excluding hydrogens is 528 g/mol. The molecule has 0 spiro atoms. The third-order valence-electron chi connectivity index (χ3n) is 7.98. The second-order valence-electron chi connectivity index (χ2n) is 10.8. The summed E-state index contributed by atoms with van der Waals surface area (Å²) in [6, 6.07) is 3.63. The average molecular weight is 565 g/mol. The third-order valence-corrected chi connectivity index (χ3v) is 8.36. The van der Waals surface area contributed by atoms with Gasteiger partial charge in [0.15, 0.2) is 5.72 Å². The fraction of sp³-hybridized carbons (Fsp3) is 0.571. The first-order valence-electron chi connectivity index (χ1n) is 12.9. The van der Waals surface area contributed by atoms with E-state index >= 15 is 0 Å². The number of rotatable bonds is 2. The summed E-state index contributed by atoms with van der Waals surface area (Å²) in [7, 11) is 4.56. The van der Waals surface area contributed by atoms with Crippen LogP contribution in [0, 0.1) is 5.92 Å². The summed E-state index contributed by atoms with van der Waals surface area (Å²) >= 11 is 6.58. The highest BCUT2D eigenvalue weighted by atomic mass is 35.5. The zero-order valence-corrected chi connectivity index (χ0v) is 23.8. The van der Waals surface area contributed by atoms with Crippen molar-refractivity contribution in [2.45, 2.75) is 75.8 Å². The molecule has 2 saturated heterocycles. The van der Waals surface area contributed by atoms with E-state index in [1.165, 1.54) is 19.1 Å². The van der Waals surface area contributed by atoms with Crippen LogP contribution in [0.3, 0.4) is 0 Å². The molecular formula is C28H37ClN2O8. The number of carbonyl (C=O) groups is 2. The number of carbonyl (C=O) groups excluding carboxylic acids is 2. The largest absolute Gasteiger partial charge is 0.495 e. The summed E-state index contributed by atoms with van der Waals surface area (Å²) in [6.45, 7) is 5.48. The second kappa shape index (κ2) is 11.1. The van der Waals surface area contributed by atoms with Gasteiger partial charge in [0, 0.05) is 26.5 Å². The number of nitrogens with one attached hydrogen (secondary N) is 1. The number of nitrogens with zero attached hydrogens (tertiary/aromatic N) is 1. The van der Waals surface area contributed by atoms with Crippen molar-refractivity contribution in [3.8, 4) is 5.75 Å². The molecule has 3 aliphatic heterocycles. The second-order valence-corrected chi connectivity index (χ2v) is 11.2. The van der Waals surface area contributed by atoms with Gasteiger partial charge in [0.1, 0.15) is 28.6 Å². The van der Waals surface area contributed by atoms with Crippen LogP contribution >= 0.6 is 11.6 Å². The van der Waals surface area contributed by atoms with E-state index in [9.17, 15) is 19.8 Å². The minimum atomic E-state index is -1.73. The van der Waals surface area contributed by atoms with Crippen molar-refractivity contribution in [1.29, 1.82) is 0 Å². The Balaban J connectivity index is 1.74. The number of epoxide rings is 1. The number of aliphatic hydroxyl groups is 2. The standard InChI is InChI=1S/C28H37ClN2O8/c1-15-8-7-9-22(37-6)28(35)14-20(38-26(34)30-28)16(2)25-27(3,39-25)21(32)13-23(33)31(4)18-11-17(10-15)12-19(36-5)24(18)29/h7-9,11-12,16,20-22,25,32,35H,10,13-14H2,1-6H3,(H,30,34)/b9-7+,15-8+/t16-,20-,21+,22-,25+,27+,28+/m1/s1. The quantitative estimate of drug-likeness (QED) is 0.467. The molecule has 10 nitrogen and oxygen atoms in total. The van der Waals surface area contributed by atoms with Gasteiger partial charge in [0.25, 0.3) is 0 Å². The van der Waals surface area contributed by atoms with Gasteiger partial charge in [-0.3, -0.25) is 10.1 Å². The Bertz CT molecular complexity index is 1190. The highest BCUT2D eigenvalue weighted by molar-refractivity contribution is 6.35. The number of amides is 2. The Labute approximate surface area is 233 Å². The molecule has 3 heterocycles. The van der Waals surface area contributed by atoms with E-state index in [-0.39, 0.29) is 23.8 Å². The highest BCUT2D eigenvalue weighted by Gasteiger charge is 2.62. The topological polar surface area (TPSA) is 130 Å². The van der Waals surface area contributed by atoms with E-state index in [2.05, 4.69) is 5.32 Å². The van der Waals surface area contributed by atoms with Crippen molar-refractivity contribution >= 4 is 29.3 Å². The monoisotopic (exact) mass is 564 g/mol. The summed E-state index contributed by atoms with van der Waals surface area (Å²) in [4.78, 5) is 27.1. The molecule has 0 unspecified atom stereocenters. The zero-order valence-electron chi connectivity index (χ0n) is 23.1. The fourth-order valence-corrected chi connectivity index (χ4v) is 5.78. The highest BCUT2D eigenvalue weighted by Crippen LogP contribution is 2.48. The van der Waals surface area contributed by atoms with Gasteiger partial charge < -0.3 is 34.1 Å². The third kappa shape index (κ3) is 5.81. The van der Waals surface area contributed by atoms with Crippen LogP contribution in [0.25, 0.3) is 0 Å². The molecule has 1 aromatic rings. The van der Waals surface area contributed by atoms with Crippen LogP contribution in [0.2, 0.25) is 5.02 Å². The normalized spacial score (nSPS) is 37.6. The number of hydrogen-bond acceptors (Lipinski definition) is 8. The van der Waals surface area contributed by atoms with Crippen LogP contribution < -0.4 is 15.0 Å². The van der Waals surface area contributed by atoms with Gasteiger partial charge in [-0.25, -0.2) is 4.79 Å². The first-order chi connectivity index (χ1) is 18.3. The number of hydrogen-bond donors (Lipinski definition) is 3. The minimum absolute atomic E-state index is 0.0310. The van der Waals surface area contributed by atoms with Gasteiger partial charge in [0.2, 0.25) is 5.91 Å². The molecule has 3 N–H and O–H groups in total. The van der Waals surface area contributed by atoms with Gasteiger partial charge in [-0.05, 0) is 38.0 Å². The number of halogens is 1. The van der Waals surface area contributed by atoms with Crippen molar-refractivity contribution in [1.82, 2.24) is 5.32 Å². The van der Waals surface area contributed by atoms with Crippen molar-refractivity contribution in [2.24, 2.45) is 5.92 Å². The molecule has 0 saturated carbocycles. The number of anilines is 1. The van der Waals surface area contributed by atoms with E-state index in [1.807, 2.05) is 32.1 Å². The molecule has 0 radical (unpaired) electrons. The number of fused-ring (bicyclic) bond motifs is 5. The van der Waals surface area contributed by atoms with E-state index in [0.717, 1.165) is 11.1 Å². The molecule has 1 aromatic carbocycles. The minimum Gasteiger partial charge on any atom is -0.495 e. The lowest BCUT2D eigenvalue weighted by atomic mass is 9.84. The predicted molar refractivity (Wildman–Crippen MR) is 145 cm³/mol. The number of benzene rings is 1. The summed E-state index contributed by atoms with van der Waals surface area (Å²) < 4.78 is 22.4. The molecule has 214 valence electrons. The van der Waals surface area contributed by atoms with Gasteiger partial charge in [0.05, 0.1) is 31.4 Å². The van der Waals surface area contributed by atoms with Gasteiger partial charge in [-0.1, -0.05) is 42.3 Å². The predicted octanol–water partition coefficient (Wildman–Crippen LogP) is 3.12. The fourth-order valence-electron chi connectivity index (χ4n) is 5.46. The SMILES string of the molecule is COc1cc2cc(c1Cl)N(C)C(=O)C[C@H](O)[C@]1(C)O[C@H]1[C@H](C)[C@H]1C[C@@](O)(NC(=O)O1)[C@H](OC)/C=C/C=C(\C)C2. The first-order valence-corrected chi connectivity index (χ1v) is 13.3. The van der Waals surface area contributed by atoms with Crippen LogP contribution in [0.4, 0.5) is 10.5 Å². The van der Waals surface area contributed by atoms with Crippen molar-refractivity contribution in [2.75, 3.05) is 26.2 Å². The Morgan fingerprint density at radius 1 is 1.26 bits per heavy atom. The van der Waals surface area contributed by atoms with Crippen molar-refractivity contribution in [3.63, 3.8) is 0 Å². The number of alkyl carbamates (subject to hydrolysis) is 1. The maximum atomic E-state index is 13.3. The molecule has 4 bridgehead atoms. The maximum Gasteiger partial charge on any atom is 0.409 e. The maximum absolute atomic E-state index is 13.3. The van der Waals surface area contributed by atoms with Gasteiger partial charge in [-0.2, -0.15) is 0 Å². The van der Waals surface area contributed by atoms with E-state index in [4.69, 9.17) is 30.5 Å². The number of methoxy groups -OCH3 is 2. The van der Waals surface area contributed by atoms with Gasteiger partial charge in [-0.15, -0.1) is 0 Å². The van der Waals surface area contributed by atoms with Crippen LogP contribution in [0.1, 0.15) is 39.2 Å². The van der Waals surface area contributed by atoms with Crippen LogP contribution in [0.5, 0.6) is 5.75 Å². The molecule has 3 aliphatic rings. The number of ether oxygens (including phenoxy) is 4. The molecule has 2 amide bonds.